The number of fused-ring (bicyclic) bond motifs is 1. The zero-order valence-electron chi connectivity index (χ0n) is 8.25. The van der Waals surface area contributed by atoms with Crippen molar-refractivity contribution in [2.45, 2.75) is 9.97 Å². The van der Waals surface area contributed by atoms with Gasteiger partial charge in [0.25, 0.3) is 0 Å². The van der Waals surface area contributed by atoms with Gasteiger partial charge in [0, 0.05) is 4.47 Å². The quantitative estimate of drug-likeness (QED) is 0.626. The highest BCUT2D eigenvalue weighted by molar-refractivity contribution is 9.10. The Balaban J connectivity index is 2.67. The Morgan fingerprint density at radius 3 is 2.28 bits per heavy atom. The second kappa shape index (κ2) is 4.44. The fourth-order valence-electron chi connectivity index (χ4n) is 1.37. The van der Waals surface area contributed by atoms with Crippen molar-refractivity contribution in [3.8, 4) is 0 Å². The predicted octanol–water partition coefficient (Wildman–Crippen LogP) is 5.17. The molecule has 2 nitrogen and oxygen atoms in total. The normalized spacial score (nSPS) is 13.3. The third-order valence-electron chi connectivity index (χ3n) is 2.14. The molecule has 0 unspecified atom stereocenters. The zero-order valence-corrected chi connectivity index (χ0v) is 12.1. The van der Waals surface area contributed by atoms with E-state index in [1.54, 1.807) is 0 Å². The van der Waals surface area contributed by atoms with E-state index in [1.165, 1.54) is 0 Å². The summed E-state index contributed by atoms with van der Waals surface area (Å²) in [5.41, 5.74) is -0.413. The molecular formula is C9H3BrCl3F3N2. The summed E-state index contributed by atoms with van der Waals surface area (Å²) in [5.74, 6) is -0.0393. The predicted molar refractivity (Wildman–Crippen MR) is 68.0 cm³/mol. The SMILES string of the molecule is FC(F)(F)c1cc(Br)c2nc(C(Cl)(Cl)Cl)[nH]c2c1. The molecule has 0 atom stereocenters. The molecule has 18 heavy (non-hydrogen) atoms. The van der Waals surface area contributed by atoms with Crippen molar-refractivity contribution in [1.29, 1.82) is 0 Å². The van der Waals surface area contributed by atoms with Crippen LogP contribution in [0.2, 0.25) is 0 Å². The summed E-state index contributed by atoms with van der Waals surface area (Å²) in [6.07, 6.45) is -4.46. The summed E-state index contributed by atoms with van der Waals surface area (Å²) in [4.78, 5) is 6.49. The lowest BCUT2D eigenvalue weighted by Crippen LogP contribution is -2.04. The maximum Gasteiger partial charge on any atom is 0.416 e. The topological polar surface area (TPSA) is 28.7 Å². The van der Waals surface area contributed by atoms with E-state index in [0.29, 0.717) is 0 Å². The van der Waals surface area contributed by atoms with Gasteiger partial charge in [0.1, 0.15) is 5.52 Å². The molecular weight excluding hydrogens is 379 g/mol. The number of hydrogen-bond acceptors (Lipinski definition) is 1. The summed E-state index contributed by atoms with van der Waals surface area (Å²) in [6.45, 7) is 0. The van der Waals surface area contributed by atoms with Crippen molar-refractivity contribution in [2.24, 2.45) is 0 Å². The van der Waals surface area contributed by atoms with Crippen LogP contribution in [0.3, 0.4) is 0 Å². The Hall–Kier alpha value is -0.170. The van der Waals surface area contributed by atoms with Crippen molar-refractivity contribution in [3.05, 3.63) is 28.0 Å². The first-order valence-electron chi connectivity index (χ1n) is 4.42. The average Bonchev–Trinajstić information content (AvgIpc) is 2.59. The van der Waals surface area contributed by atoms with Crippen LogP contribution in [0.15, 0.2) is 16.6 Å². The largest absolute Gasteiger partial charge is 0.416 e. The van der Waals surface area contributed by atoms with Crippen LogP contribution < -0.4 is 0 Å². The van der Waals surface area contributed by atoms with Gasteiger partial charge in [0.15, 0.2) is 5.82 Å². The molecule has 0 amide bonds. The van der Waals surface area contributed by atoms with E-state index in [2.05, 4.69) is 25.9 Å². The number of aromatic amines is 1. The van der Waals surface area contributed by atoms with Gasteiger partial charge >= 0.3 is 6.18 Å². The van der Waals surface area contributed by atoms with Gasteiger partial charge in [-0.1, -0.05) is 34.8 Å². The highest BCUT2D eigenvalue weighted by Gasteiger charge is 2.33. The number of nitrogens with zero attached hydrogens (tertiary/aromatic N) is 1. The maximum absolute atomic E-state index is 12.6. The van der Waals surface area contributed by atoms with Gasteiger partial charge in [0.2, 0.25) is 3.79 Å². The molecule has 0 aliphatic rings. The summed E-state index contributed by atoms with van der Waals surface area (Å²) >= 11 is 19.8. The Kier molecular flexibility index (Phi) is 3.51. The van der Waals surface area contributed by atoms with E-state index in [4.69, 9.17) is 34.8 Å². The Bertz CT molecular complexity index is 603. The van der Waals surface area contributed by atoms with Crippen LogP contribution >= 0.6 is 50.7 Å². The van der Waals surface area contributed by atoms with Crippen LogP contribution in [0.5, 0.6) is 0 Å². The summed E-state index contributed by atoms with van der Waals surface area (Å²) < 4.78 is 36.2. The molecule has 2 aromatic rings. The number of alkyl halides is 6. The number of benzene rings is 1. The molecule has 0 saturated carbocycles. The van der Waals surface area contributed by atoms with E-state index in [0.717, 1.165) is 12.1 Å². The van der Waals surface area contributed by atoms with E-state index >= 15 is 0 Å². The lowest BCUT2D eigenvalue weighted by atomic mass is 10.2. The molecule has 0 spiro atoms. The molecule has 0 aliphatic carbocycles. The fourth-order valence-corrected chi connectivity index (χ4v) is 2.19. The number of aromatic nitrogens is 2. The van der Waals surface area contributed by atoms with Crippen LogP contribution in [-0.4, -0.2) is 9.97 Å². The van der Waals surface area contributed by atoms with Crippen LogP contribution in [0, 0.1) is 0 Å². The number of nitrogens with one attached hydrogen (secondary N) is 1. The van der Waals surface area contributed by atoms with E-state index in [1.807, 2.05) is 0 Å². The van der Waals surface area contributed by atoms with Gasteiger partial charge in [0.05, 0.1) is 11.1 Å². The van der Waals surface area contributed by atoms with Gasteiger partial charge in [-0.15, -0.1) is 0 Å². The molecule has 9 heteroatoms. The maximum atomic E-state index is 12.6. The zero-order chi connectivity index (χ0) is 13.7. The second-order valence-corrected chi connectivity index (χ2v) is 6.57. The van der Waals surface area contributed by atoms with E-state index in [-0.39, 0.29) is 21.3 Å². The van der Waals surface area contributed by atoms with E-state index < -0.39 is 15.5 Å². The number of H-pyrrole nitrogens is 1. The Labute approximate surface area is 123 Å². The van der Waals surface area contributed by atoms with Crippen molar-refractivity contribution in [2.75, 3.05) is 0 Å². The molecule has 0 saturated heterocycles. The minimum Gasteiger partial charge on any atom is -0.338 e. The van der Waals surface area contributed by atoms with Crippen molar-refractivity contribution in [1.82, 2.24) is 9.97 Å². The standard InChI is InChI=1S/C9H3BrCl3F3N2/c10-4-1-3(9(14,15)16)2-5-6(4)18-7(17-5)8(11,12)13/h1-2H,(H,17,18). The highest BCUT2D eigenvalue weighted by atomic mass is 79.9. The van der Waals surface area contributed by atoms with Gasteiger partial charge in [-0.05, 0) is 28.1 Å². The van der Waals surface area contributed by atoms with Gasteiger partial charge < -0.3 is 4.98 Å². The molecule has 1 aromatic carbocycles. The molecule has 1 heterocycles. The van der Waals surface area contributed by atoms with Crippen LogP contribution in [0.1, 0.15) is 11.4 Å². The minimum atomic E-state index is -4.46. The minimum absolute atomic E-state index is 0.0393. The summed E-state index contributed by atoms with van der Waals surface area (Å²) in [7, 11) is 0. The molecule has 0 bridgehead atoms. The highest BCUT2D eigenvalue weighted by Crippen LogP contribution is 2.39. The van der Waals surface area contributed by atoms with Gasteiger partial charge in [-0.25, -0.2) is 4.98 Å². The number of rotatable bonds is 0. The lowest BCUT2D eigenvalue weighted by Gasteiger charge is -2.06. The van der Waals surface area contributed by atoms with E-state index in [9.17, 15) is 13.2 Å². The lowest BCUT2D eigenvalue weighted by molar-refractivity contribution is -0.137. The second-order valence-electron chi connectivity index (χ2n) is 3.44. The van der Waals surface area contributed by atoms with Gasteiger partial charge in [-0.3, -0.25) is 0 Å². The van der Waals surface area contributed by atoms with Crippen molar-refractivity contribution < 1.29 is 13.2 Å². The molecule has 0 fully saturated rings. The Morgan fingerprint density at radius 2 is 1.78 bits per heavy atom. The third-order valence-corrected chi connectivity index (χ3v) is 3.28. The molecule has 0 aliphatic heterocycles. The van der Waals surface area contributed by atoms with Gasteiger partial charge in [-0.2, -0.15) is 13.2 Å². The molecule has 0 radical (unpaired) electrons. The monoisotopic (exact) mass is 380 g/mol. The summed E-state index contributed by atoms with van der Waals surface area (Å²) in [6, 6.07) is 1.83. The molecule has 2 rings (SSSR count). The first-order chi connectivity index (χ1) is 8.09. The first-order valence-corrected chi connectivity index (χ1v) is 6.35. The fraction of sp³-hybridized carbons (Fsp3) is 0.222. The third kappa shape index (κ3) is 2.71. The average molecular weight is 382 g/mol. The number of imidazole rings is 1. The van der Waals surface area contributed by atoms with Crippen molar-refractivity contribution >= 4 is 61.8 Å². The number of hydrogen-bond donors (Lipinski definition) is 1. The van der Waals surface area contributed by atoms with Crippen LogP contribution in [-0.2, 0) is 9.97 Å². The molecule has 1 aromatic heterocycles. The van der Waals surface area contributed by atoms with Crippen LogP contribution in [0.25, 0.3) is 11.0 Å². The van der Waals surface area contributed by atoms with Crippen LogP contribution in [0.4, 0.5) is 13.2 Å². The number of halogens is 7. The molecule has 1 N–H and O–H groups in total. The molecule has 98 valence electrons. The Morgan fingerprint density at radius 1 is 1.17 bits per heavy atom. The summed E-state index contributed by atoms with van der Waals surface area (Å²) in [5, 5.41) is 0. The van der Waals surface area contributed by atoms with Crippen molar-refractivity contribution in [3.63, 3.8) is 0 Å². The first kappa shape index (κ1) is 14.2. The smallest absolute Gasteiger partial charge is 0.338 e.